The molecule has 40 heavy (non-hydrogen) atoms. The number of carbonyl (C=O) groups excluding carboxylic acids is 3. The maximum absolute atomic E-state index is 13.1. The third-order valence-electron chi connectivity index (χ3n) is 6.51. The van der Waals surface area contributed by atoms with Crippen molar-refractivity contribution in [1.82, 2.24) is 0 Å². The Balaban J connectivity index is 1.45. The highest BCUT2D eigenvalue weighted by Gasteiger charge is 2.15. The minimum Gasteiger partial charge on any atom is -0.508 e. The van der Waals surface area contributed by atoms with Crippen LogP contribution in [0.2, 0.25) is 0 Å². The maximum Gasteiger partial charge on any atom is 0.338 e. The number of aromatic hydroxyl groups is 1. The van der Waals surface area contributed by atoms with E-state index in [0.29, 0.717) is 40.2 Å². The van der Waals surface area contributed by atoms with E-state index in [1.807, 2.05) is 26.0 Å². The molecule has 0 aliphatic rings. The molecule has 0 unspecified atom stereocenters. The van der Waals surface area contributed by atoms with Crippen LogP contribution in [0.1, 0.15) is 62.0 Å². The lowest BCUT2D eigenvalue weighted by Crippen LogP contribution is -2.15. The van der Waals surface area contributed by atoms with Crippen molar-refractivity contribution >= 4 is 29.2 Å². The number of aryl methyl sites for hydroxylation is 2. The van der Waals surface area contributed by atoms with Gasteiger partial charge in [-0.3, -0.25) is 9.59 Å². The van der Waals surface area contributed by atoms with Crippen LogP contribution in [-0.2, 0) is 4.74 Å². The number of hydrogen-bond donors (Lipinski definition) is 3. The lowest BCUT2D eigenvalue weighted by molar-refractivity contribution is 0.0498. The summed E-state index contributed by atoms with van der Waals surface area (Å²) < 4.78 is 5.28. The van der Waals surface area contributed by atoms with Gasteiger partial charge < -0.3 is 20.5 Å². The summed E-state index contributed by atoms with van der Waals surface area (Å²) in [4.78, 5) is 38.4. The SMILES string of the molecule is CCCCOC(=O)c1ccc(C(=O)Nc2ccc(C)c(NC(=O)c3cccc(-c4ccc(O)cc4)c3)c2)cc1C. The number of rotatable bonds is 9. The third kappa shape index (κ3) is 6.94. The van der Waals surface area contributed by atoms with E-state index in [1.54, 1.807) is 79.7 Å². The minimum atomic E-state index is -0.398. The number of unbranched alkanes of at least 4 members (excludes halogenated alkanes) is 1. The Morgan fingerprint density at radius 2 is 1.48 bits per heavy atom. The summed E-state index contributed by atoms with van der Waals surface area (Å²) in [6.45, 7) is 6.03. The molecule has 4 aromatic carbocycles. The Morgan fingerprint density at radius 3 is 2.20 bits per heavy atom. The van der Waals surface area contributed by atoms with Crippen molar-refractivity contribution in [2.75, 3.05) is 17.2 Å². The van der Waals surface area contributed by atoms with E-state index in [9.17, 15) is 19.5 Å². The smallest absolute Gasteiger partial charge is 0.338 e. The molecule has 0 atom stereocenters. The highest BCUT2D eigenvalue weighted by Crippen LogP contribution is 2.25. The van der Waals surface area contributed by atoms with Gasteiger partial charge in [-0.2, -0.15) is 0 Å². The molecule has 0 saturated heterocycles. The second-order valence-electron chi connectivity index (χ2n) is 9.58. The van der Waals surface area contributed by atoms with E-state index in [4.69, 9.17) is 4.74 Å². The van der Waals surface area contributed by atoms with Crippen molar-refractivity contribution in [3.8, 4) is 16.9 Å². The number of benzene rings is 4. The second-order valence-corrected chi connectivity index (χ2v) is 9.58. The van der Waals surface area contributed by atoms with Crippen LogP contribution in [0.5, 0.6) is 5.75 Å². The minimum absolute atomic E-state index is 0.176. The maximum atomic E-state index is 13.1. The standard InChI is InChI=1S/C33H32N2O5/c1-4-5-17-40-33(39)29-16-12-26(18-22(29)3)31(37)34-27-13-9-21(2)30(20-27)35-32(38)25-8-6-7-24(19-25)23-10-14-28(36)15-11-23/h6-16,18-20,36H,4-5,17H2,1-3H3,(H,34,37)(H,35,38). The van der Waals surface area contributed by atoms with Crippen molar-refractivity contribution in [1.29, 1.82) is 0 Å². The first-order valence-corrected chi connectivity index (χ1v) is 13.2. The normalized spacial score (nSPS) is 10.6. The van der Waals surface area contributed by atoms with Crippen LogP contribution in [0, 0.1) is 13.8 Å². The fraction of sp³-hybridized carbons (Fsp3) is 0.182. The Hall–Kier alpha value is -4.91. The van der Waals surface area contributed by atoms with Gasteiger partial charge in [-0.05, 0) is 97.1 Å². The van der Waals surface area contributed by atoms with E-state index in [-0.39, 0.29) is 17.6 Å². The van der Waals surface area contributed by atoms with Crippen LogP contribution in [-0.4, -0.2) is 29.5 Å². The molecule has 0 aromatic heterocycles. The molecule has 0 aliphatic heterocycles. The van der Waals surface area contributed by atoms with Crippen molar-refractivity contribution in [2.24, 2.45) is 0 Å². The predicted octanol–water partition coefficient (Wildman–Crippen LogP) is 7.14. The Labute approximate surface area is 233 Å². The van der Waals surface area contributed by atoms with Crippen LogP contribution in [0.25, 0.3) is 11.1 Å². The van der Waals surface area contributed by atoms with Gasteiger partial charge in [-0.1, -0.05) is 43.7 Å². The van der Waals surface area contributed by atoms with E-state index in [0.717, 1.165) is 29.5 Å². The molecular formula is C33H32N2O5. The summed E-state index contributed by atoms with van der Waals surface area (Å²) in [6.07, 6.45) is 1.74. The number of carbonyl (C=O) groups is 3. The van der Waals surface area contributed by atoms with Crippen LogP contribution in [0.3, 0.4) is 0 Å². The van der Waals surface area contributed by atoms with E-state index in [2.05, 4.69) is 10.6 Å². The summed E-state index contributed by atoms with van der Waals surface area (Å²) in [6, 6.07) is 24.1. The number of anilines is 2. The first-order chi connectivity index (χ1) is 19.2. The molecule has 0 spiro atoms. The predicted molar refractivity (Wildman–Crippen MR) is 157 cm³/mol. The highest BCUT2D eigenvalue weighted by atomic mass is 16.5. The molecule has 0 fully saturated rings. The zero-order valence-corrected chi connectivity index (χ0v) is 22.8. The summed E-state index contributed by atoms with van der Waals surface area (Å²) in [5, 5.41) is 15.3. The van der Waals surface area contributed by atoms with E-state index in [1.165, 1.54) is 0 Å². The van der Waals surface area contributed by atoms with Gasteiger partial charge in [0.2, 0.25) is 0 Å². The summed E-state index contributed by atoms with van der Waals surface area (Å²) >= 11 is 0. The quantitative estimate of drug-likeness (QED) is 0.156. The second kappa shape index (κ2) is 12.8. The largest absolute Gasteiger partial charge is 0.508 e. The molecule has 204 valence electrons. The van der Waals surface area contributed by atoms with Gasteiger partial charge in [0.15, 0.2) is 0 Å². The molecule has 3 N–H and O–H groups in total. The van der Waals surface area contributed by atoms with Crippen molar-refractivity contribution in [3.63, 3.8) is 0 Å². The van der Waals surface area contributed by atoms with E-state index >= 15 is 0 Å². The van der Waals surface area contributed by atoms with Crippen LogP contribution in [0.4, 0.5) is 11.4 Å². The monoisotopic (exact) mass is 536 g/mol. The zero-order valence-electron chi connectivity index (χ0n) is 22.8. The van der Waals surface area contributed by atoms with E-state index < -0.39 is 5.97 Å². The van der Waals surface area contributed by atoms with Gasteiger partial charge in [0.1, 0.15) is 5.75 Å². The van der Waals surface area contributed by atoms with Crippen LogP contribution in [0.15, 0.2) is 84.9 Å². The first-order valence-electron chi connectivity index (χ1n) is 13.2. The molecule has 0 radical (unpaired) electrons. The molecule has 0 saturated carbocycles. The topological polar surface area (TPSA) is 105 Å². The molecule has 4 rings (SSSR count). The number of phenolic OH excluding ortho intramolecular Hbond substituents is 1. The highest BCUT2D eigenvalue weighted by molar-refractivity contribution is 6.07. The number of nitrogens with one attached hydrogen (secondary N) is 2. The number of esters is 1. The van der Waals surface area contributed by atoms with Gasteiger partial charge in [0.05, 0.1) is 12.2 Å². The number of ether oxygens (including phenoxy) is 1. The number of hydrogen-bond acceptors (Lipinski definition) is 5. The Kier molecular flexibility index (Phi) is 8.96. The van der Waals surface area contributed by atoms with Gasteiger partial charge in [-0.15, -0.1) is 0 Å². The molecule has 0 aliphatic carbocycles. The summed E-state index contributed by atoms with van der Waals surface area (Å²) in [5.74, 6) is -0.846. The van der Waals surface area contributed by atoms with Crippen molar-refractivity contribution < 1.29 is 24.2 Å². The molecule has 7 heteroatoms. The zero-order chi connectivity index (χ0) is 28.6. The molecular weight excluding hydrogens is 504 g/mol. The average Bonchev–Trinajstić information content (AvgIpc) is 2.95. The molecule has 0 heterocycles. The first kappa shape index (κ1) is 28.1. The number of amides is 2. The Bertz CT molecular complexity index is 1540. The summed E-state index contributed by atoms with van der Waals surface area (Å²) in [7, 11) is 0. The molecule has 4 aromatic rings. The van der Waals surface area contributed by atoms with Crippen molar-refractivity contribution in [2.45, 2.75) is 33.6 Å². The lowest BCUT2D eigenvalue weighted by Gasteiger charge is -2.13. The van der Waals surface area contributed by atoms with Gasteiger partial charge in [0.25, 0.3) is 11.8 Å². The lowest BCUT2D eigenvalue weighted by atomic mass is 10.0. The third-order valence-corrected chi connectivity index (χ3v) is 6.51. The van der Waals surface area contributed by atoms with Gasteiger partial charge in [-0.25, -0.2) is 4.79 Å². The number of phenols is 1. The van der Waals surface area contributed by atoms with Crippen LogP contribution >= 0.6 is 0 Å². The molecule has 2 amide bonds. The van der Waals surface area contributed by atoms with Crippen LogP contribution < -0.4 is 10.6 Å². The molecule has 7 nitrogen and oxygen atoms in total. The molecule has 0 bridgehead atoms. The fourth-order valence-electron chi connectivity index (χ4n) is 4.15. The fourth-order valence-corrected chi connectivity index (χ4v) is 4.15. The van der Waals surface area contributed by atoms with Gasteiger partial charge >= 0.3 is 5.97 Å². The van der Waals surface area contributed by atoms with Gasteiger partial charge in [0, 0.05) is 22.5 Å². The average molecular weight is 537 g/mol. The Morgan fingerprint density at radius 1 is 0.750 bits per heavy atom. The van der Waals surface area contributed by atoms with Crippen molar-refractivity contribution in [3.05, 3.63) is 113 Å². The summed E-state index contributed by atoms with van der Waals surface area (Å²) in [5.41, 5.74) is 5.61.